The number of carbonyl (C=O) groups excluding carboxylic acids is 1. The summed E-state index contributed by atoms with van der Waals surface area (Å²) in [5, 5.41) is 4.35. The Hall–Kier alpha value is -2.49. The van der Waals surface area contributed by atoms with E-state index in [2.05, 4.69) is 33.7 Å². The van der Waals surface area contributed by atoms with E-state index in [0.29, 0.717) is 5.56 Å². The summed E-state index contributed by atoms with van der Waals surface area (Å²) in [7, 11) is 0. The Bertz CT molecular complexity index is 665. The number of fused-ring (bicyclic) bond motifs is 1. The van der Waals surface area contributed by atoms with Gasteiger partial charge in [0, 0.05) is 18.0 Å². The number of nitrogens with one attached hydrogen (secondary N) is 1. The highest BCUT2D eigenvalue weighted by molar-refractivity contribution is 6.03. The van der Waals surface area contributed by atoms with Crippen molar-refractivity contribution in [2.24, 2.45) is 5.10 Å². The topological polar surface area (TPSA) is 54.4 Å². The molecule has 0 aliphatic heterocycles. The summed E-state index contributed by atoms with van der Waals surface area (Å²) in [5.74, 6) is -0.225. The lowest BCUT2D eigenvalue weighted by Crippen LogP contribution is -2.20. The summed E-state index contributed by atoms with van der Waals surface area (Å²) in [6.45, 7) is 0. The van der Waals surface area contributed by atoms with Crippen LogP contribution < -0.4 is 5.43 Å². The van der Waals surface area contributed by atoms with E-state index in [4.69, 9.17) is 0 Å². The van der Waals surface area contributed by atoms with Gasteiger partial charge in [0.25, 0.3) is 5.91 Å². The first-order chi connectivity index (χ1) is 10.3. The minimum absolute atomic E-state index is 0.225. The smallest absolute Gasteiger partial charge is 0.267 e. The molecule has 0 spiro atoms. The lowest BCUT2D eigenvalue weighted by atomic mass is 10.0. The van der Waals surface area contributed by atoms with Crippen LogP contribution in [-0.2, 0) is 6.42 Å². The van der Waals surface area contributed by atoms with Crippen LogP contribution in [0.2, 0.25) is 0 Å². The molecule has 0 unspecified atom stereocenters. The van der Waals surface area contributed by atoms with Crippen molar-refractivity contribution in [3.8, 4) is 0 Å². The fourth-order valence-electron chi connectivity index (χ4n) is 2.56. The molecule has 4 nitrogen and oxygen atoms in total. The molecular weight excluding hydrogens is 262 g/mol. The zero-order valence-electron chi connectivity index (χ0n) is 11.7. The third-order valence-corrected chi connectivity index (χ3v) is 3.65. The quantitative estimate of drug-likeness (QED) is 0.678. The van der Waals surface area contributed by atoms with E-state index < -0.39 is 0 Å². The minimum atomic E-state index is -0.225. The first-order valence-electron chi connectivity index (χ1n) is 7.20. The number of amides is 1. The number of aryl methyl sites for hydroxylation is 1. The van der Waals surface area contributed by atoms with Gasteiger partial charge in [-0.05, 0) is 43.4 Å². The zero-order valence-corrected chi connectivity index (χ0v) is 11.7. The van der Waals surface area contributed by atoms with Gasteiger partial charge in [0.05, 0.1) is 11.3 Å². The molecule has 1 N–H and O–H groups in total. The molecule has 2 aromatic rings. The third kappa shape index (κ3) is 3.16. The number of aromatic nitrogens is 1. The van der Waals surface area contributed by atoms with Crippen LogP contribution in [0, 0.1) is 0 Å². The molecule has 0 bridgehead atoms. The average molecular weight is 279 g/mol. The molecule has 1 amide bonds. The van der Waals surface area contributed by atoms with Crippen LogP contribution in [0.5, 0.6) is 0 Å². The molecule has 0 atom stereocenters. The highest BCUT2D eigenvalue weighted by atomic mass is 16.2. The molecule has 0 saturated heterocycles. The zero-order chi connectivity index (χ0) is 14.5. The van der Waals surface area contributed by atoms with Gasteiger partial charge in [0.2, 0.25) is 0 Å². The summed E-state index contributed by atoms with van der Waals surface area (Å²) >= 11 is 0. The molecule has 21 heavy (non-hydrogen) atoms. The van der Waals surface area contributed by atoms with Gasteiger partial charge in [-0.3, -0.25) is 9.78 Å². The van der Waals surface area contributed by atoms with Crippen LogP contribution in [0.4, 0.5) is 0 Å². The Kier molecular flexibility index (Phi) is 4.05. The SMILES string of the molecule is O=C(N/N=C1\CCCCc2ccccc21)c1cccnc1. The normalized spacial score (nSPS) is 16.1. The second-order valence-electron chi connectivity index (χ2n) is 5.11. The van der Waals surface area contributed by atoms with Gasteiger partial charge < -0.3 is 0 Å². The van der Waals surface area contributed by atoms with Crippen molar-refractivity contribution >= 4 is 11.6 Å². The van der Waals surface area contributed by atoms with Gasteiger partial charge in [-0.25, -0.2) is 5.43 Å². The molecule has 0 radical (unpaired) electrons. The molecule has 1 heterocycles. The largest absolute Gasteiger partial charge is 0.272 e. The summed E-state index contributed by atoms with van der Waals surface area (Å²) in [6, 6.07) is 11.7. The van der Waals surface area contributed by atoms with Gasteiger partial charge in [-0.15, -0.1) is 0 Å². The van der Waals surface area contributed by atoms with Gasteiger partial charge in [-0.2, -0.15) is 5.10 Å². The molecule has 1 aromatic heterocycles. The number of nitrogens with zero attached hydrogens (tertiary/aromatic N) is 2. The minimum Gasteiger partial charge on any atom is -0.267 e. The van der Waals surface area contributed by atoms with Crippen molar-refractivity contribution in [2.45, 2.75) is 25.7 Å². The molecule has 106 valence electrons. The van der Waals surface area contributed by atoms with E-state index in [9.17, 15) is 4.79 Å². The van der Waals surface area contributed by atoms with E-state index in [1.807, 2.05) is 6.07 Å². The molecule has 4 heteroatoms. The molecule has 1 aliphatic carbocycles. The van der Waals surface area contributed by atoms with Gasteiger partial charge >= 0.3 is 0 Å². The lowest BCUT2D eigenvalue weighted by Gasteiger charge is -2.08. The Balaban J connectivity index is 1.82. The molecule has 1 aromatic carbocycles. The first-order valence-corrected chi connectivity index (χ1v) is 7.20. The molecular formula is C17H17N3O. The Morgan fingerprint density at radius 3 is 2.81 bits per heavy atom. The predicted octanol–water partition coefficient (Wildman–Crippen LogP) is 2.94. The monoisotopic (exact) mass is 279 g/mol. The Morgan fingerprint density at radius 2 is 1.95 bits per heavy atom. The van der Waals surface area contributed by atoms with E-state index in [1.54, 1.807) is 18.3 Å². The number of carbonyl (C=O) groups is 1. The van der Waals surface area contributed by atoms with E-state index >= 15 is 0 Å². The second-order valence-corrected chi connectivity index (χ2v) is 5.11. The molecule has 0 fully saturated rings. The van der Waals surface area contributed by atoms with Crippen molar-refractivity contribution in [2.75, 3.05) is 0 Å². The fraction of sp³-hybridized carbons (Fsp3) is 0.235. The van der Waals surface area contributed by atoms with E-state index in [1.165, 1.54) is 11.8 Å². The fourth-order valence-corrected chi connectivity index (χ4v) is 2.56. The molecule has 3 rings (SSSR count). The molecule has 0 saturated carbocycles. The van der Waals surface area contributed by atoms with E-state index in [-0.39, 0.29) is 5.91 Å². The van der Waals surface area contributed by atoms with E-state index in [0.717, 1.165) is 37.0 Å². The Morgan fingerprint density at radius 1 is 1.10 bits per heavy atom. The van der Waals surface area contributed by atoms with Gasteiger partial charge in [-0.1, -0.05) is 24.3 Å². The maximum absolute atomic E-state index is 12.0. The van der Waals surface area contributed by atoms with Crippen LogP contribution in [0.15, 0.2) is 53.9 Å². The first kappa shape index (κ1) is 13.5. The van der Waals surface area contributed by atoms with Crippen LogP contribution in [0.25, 0.3) is 0 Å². The number of pyridine rings is 1. The van der Waals surface area contributed by atoms with Crippen molar-refractivity contribution < 1.29 is 4.79 Å². The maximum atomic E-state index is 12.0. The summed E-state index contributed by atoms with van der Waals surface area (Å²) in [6.07, 6.45) is 7.40. The highest BCUT2D eigenvalue weighted by Crippen LogP contribution is 2.20. The summed E-state index contributed by atoms with van der Waals surface area (Å²) in [4.78, 5) is 16.0. The van der Waals surface area contributed by atoms with Gasteiger partial charge in [0.15, 0.2) is 0 Å². The number of hydrogen-bond acceptors (Lipinski definition) is 3. The summed E-state index contributed by atoms with van der Waals surface area (Å²) in [5.41, 5.74) is 6.59. The third-order valence-electron chi connectivity index (χ3n) is 3.65. The summed E-state index contributed by atoms with van der Waals surface area (Å²) < 4.78 is 0. The number of hydrogen-bond donors (Lipinski definition) is 1. The highest BCUT2D eigenvalue weighted by Gasteiger charge is 2.14. The number of hydrazone groups is 1. The van der Waals surface area contributed by atoms with Crippen molar-refractivity contribution in [1.29, 1.82) is 0 Å². The van der Waals surface area contributed by atoms with Crippen LogP contribution in [-0.4, -0.2) is 16.6 Å². The van der Waals surface area contributed by atoms with Gasteiger partial charge in [0.1, 0.15) is 0 Å². The maximum Gasteiger partial charge on any atom is 0.272 e. The lowest BCUT2D eigenvalue weighted by molar-refractivity contribution is 0.0954. The second kappa shape index (κ2) is 6.31. The number of benzene rings is 1. The standard InChI is InChI=1S/C17H17N3O/c21-17(14-8-5-11-18-12-14)20-19-16-10-4-2-7-13-6-1-3-9-15(13)16/h1,3,5-6,8-9,11-12H,2,4,7,10H2,(H,20,21)/b19-16+. The van der Waals surface area contributed by atoms with Crippen molar-refractivity contribution in [1.82, 2.24) is 10.4 Å². The van der Waals surface area contributed by atoms with Crippen LogP contribution in [0.3, 0.4) is 0 Å². The van der Waals surface area contributed by atoms with Crippen LogP contribution >= 0.6 is 0 Å². The average Bonchev–Trinajstić information content (AvgIpc) is 2.76. The predicted molar refractivity (Wildman–Crippen MR) is 82.2 cm³/mol. The number of rotatable bonds is 2. The van der Waals surface area contributed by atoms with Crippen LogP contribution in [0.1, 0.15) is 40.7 Å². The van der Waals surface area contributed by atoms with Crippen molar-refractivity contribution in [3.05, 3.63) is 65.5 Å². The Labute approximate surface area is 123 Å². The molecule has 1 aliphatic rings. The van der Waals surface area contributed by atoms with Crippen molar-refractivity contribution in [3.63, 3.8) is 0 Å².